The molecule has 0 amide bonds. The maximum atomic E-state index is 9.64. The van der Waals surface area contributed by atoms with Crippen LogP contribution in [0.25, 0.3) is 5.57 Å². The Morgan fingerprint density at radius 3 is 2.38 bits per heavy atom. The summed E-state index contributed by atoms with van der Waals surface area (Å²) in [5.41, 5.74) is 3.44. The van der Waals surface area contributed by atoms with E-state index in [1.54, 1.807) is 13.7 Å². The van der Waals surface area contributed by atoms with Crippen LogP contribution in [0.3, 0.4) is 0 Å². The van der Waals surface area contributed by atoms with Crippen molar-refractivity contribution in [3.05, 3.63) is 41.5 Å². The van der Waals surface area contributed by atoms with Crippen molar-refractivity contribution in [2.24, 2.45) is 0 Å². The Labute approximate surface area is 127 Å². The van der Waals surface area contributed by atoms with Crippen LogP contribution in [0.2, 0.25) is 6.82 Å². The molecule has 2 N–H and O–H groups in total. The maximum Gasteiger partial charge on any atom is 0.376 e. The topological polar surface area (TPSA) is 43.7 Å². The molecule has 0 radical (unpaired) electrons. The molecule has 0 bridgehead atoms. The van der Waals surface area contributed by atoms with E-state index < -0.39 is 13.2 Å². The van der Waals surface area contributed by atoms with Gasteiger partial charge >= 0.3 is 7.05 Å². The van der Waals surface area contributed by atoms with E-state index in [1.165, 1.54) is 5.57 Å². The molecule has 1 aliphatic rings. The third-order valence-corrected chi connectivity index (χ3v) is 3.75. The minimum atomic E-state index is -0.623. The van der Waals surface area contributed by atoms with Gasteiger partial charge in [-0.2, -0.15) is 0 Å². The predicted molar refractivity (Wildman–Crippen MR) is 87.5 cm³/mol. The van der Waals surface area contributed by atoms with Crippen LogP contribution in [0.15, 0.2) is 35.9 Å². The molecule has 4 heteroatoms. The summed E-state index contributed by atoms with van der Waals surface area (Å²) in [6.07, 6.45) is 1.19. The van der Waals surface area contributed by atoms with Gasteiger partial charge in [0, 0.05) is 5.57 Å². The van der Waals surface area contributed by atoms with Crippen molar-refractivity contribution in [2.45, 2.75) is 32.7 Å². The monoisotopic (exact) mass is 283 g/mol. The number of hydrogen-bond acceptors (Lipinski definition) is 3. The average molecular weight is 283 g/mol. The Balaban J connectivity index is 2.28. The SMILES string of the molecule is CB(O)N1CCC(=C(C#CC(C)O)c2ccccc2)CC1. The fourth-order valence-electron chi connectivity index (χ4n) is 2.56. The number of hydrogen-bond donors (Lipinski definition) is 2. The normalized spacial score (nSPS) is 16.9. The predicted octanol–water partition coefficient (Wildman–Crippen LogP) is 2.03. The van der Waals surface area contributed by atoms with Crippen LogP contribution >= 0.6 is 0 Å². The molecule has 1 fully saturated rings. The molecule has 3 nitrogen and oxygen atoms in total. The summed E-state index contributed by atoms with van der Waals surface area (Å²) >= 11 is 0. The Morgan fingerprint density at radius 1 is 1.24 bits per heavy atom. The van der Waals surface area contributed by atoms with E-state index in [1.807, 2.05) is 18.2 Å². The highest BCUT2D eigenvalue weighted by Gasteiger charge is 2.22. The minimum Gasteiger partial charge on any atom is -0.437 e. The summed E-state index contributed by atoms with van der Waals surface area (Å²) in [6.45, 7) is 5.18. The van der Waals surface area contributed by atoms with Crippen LogP contribution in [-0.2, 0) is 0 Å². The van der Waals surface area contributed by atoms with Crippen molar-refractivity contribution in [1.82, 2.24) is 4.81 Å². The molecule has 110 valence electrons. The Hall–Kier alpha value is -1.54. The zero-order valence-electron chi connectivity index (χ0n) is 12.7. The molecule has 1 saturated heterocycles. The van der Waals surface area contributed by atoms with E-state index in [4.69, 9.17) is 0 Å². The smallest absolute Gasteiger partial charge is 0.376 e. The lowest BCUT2D eigenvalue weighted by Gasteiger charge is -2.29. The van der Waals surface area contributed by atoms with Gasteiger partial charge in [0.1, 0.15) is 6.10 Å². The number of rotatable bonds is 2. The van der Waals surface area contributed by atoms with E-state index in [-0.39, 0.29) is 0 Å². The molecule has 2 rings (SSSR count). The van der Waals surface area contributed by atoms with Gasteiger partial charge in [-0.15, -0.1) is 0 Å². The standard InChI is InChI=1S/C17H22BNO2/c1-14(20)8-9-17(15-6-4-3-5-7-15)16-10-12-19(13-11-16)18(2)21/h3-7,14,20-21H,10-13H2,1-2H3. The number of nitrogens with zero attached hydrogens (tertiary/aromatic N) is 1. The summed E-state index contributed by atoms with van der Waals surface area (Å²) in [5, 5.41) is 19.1. The average Bonchev–Trinajstić information content (AvgIpc) is 2.49. The zero-order chi connectivity index (χ0) is 15.2. The van der Waals surface area contributed by atoms with Crippen LogP contribution in [0.4, 0.5) is 0 Å². The first-order chi connectivity index (χ1) is 10.1. The van der Waals surface area contributed by atoms with Gasteiger partial charge in [-0.3, -0.25) is 0 Å². The zero-order valence-corrected chi connectivity index (χ0v) is 12.7. The number of aliphatic hydroxyl groups is 1. The fourth-order valence-corrected chi connectivity index (χ4v) is 2.56. The third kappa shape index (κ3) is 4.47. The maximum absolute atomic E-state index is 9.64. The molecular formula is C17H22BNO2. The van der Waals surface area contributed by atoms with Crippen LogP contribution in [0.1, 0.15) is 25.3 Å². The third-order valence-electron chi connectivity index (χ3n) is 3.75. The van der Waals surface area contributed by atoms with Crippen LogP contribution in [0, 0.1) is 11.8 Å². The second-order valence-electron chi connectivity index (χ2n) is 5.46. The second-order valence-corrected chi connectivity index (χ2v) is 5.46. The van der Waals surface area contributed by atoms with Gasteiger partial charge in [0.15, 0.2) is 0 Å². The quantitative estimate of drug-likeness (QED) is 0.645. The summed E-state index contributed by atoms with van der Waals surface area (Å²) in [6, 6.07) is 10.1. The molecule has 1 unspecified atom stereocenters. The molecule has 1 aliphatic heterocycles. The van der Waals surface area contributed by atoms with Crippen molar-refractivity contribution in [3.63, 3.8) is 0 Å². The molecule has 0 aliphatic carbocycles. The van der Waals surface area contributed by atoms with E-state index in [0.717, 1.165) is 37.1 Å². The van der Waals surface area contributed by atoms with Crippen LogP contribution in [-0.4, -0.2) is 41.2 Å². The lowest BCUT2D eigenvalue weighted by molar-refractivity contribution is 0.253. The number of allylic oxidation sites excluding steroid dienone is 1. The lowest BCUT2D eigenvalue weighted by Crippen LogP contribution is -2.41. The molecule has 1 heterocycles. The molecule has 1 aromatic carbocycles. The number of benzene rings is 1. The van der Waals surface area contributed by atoms with Gasteiger partial charge in [0.2, 0.25) is 0 Å². The van der Waals surface area contributed by atoms with Crippen LogP contribution < -0.4 is 0 Å². The molecular weight excluding hydrogens is 261 g/mol. The van der Waals surface area contributed by atoms with Crippen molar-refractivity contribution in [2.75, 3.05) is 13.1 Å². The molecule has 0 spiro atoms. The first-order valence-corrected chi connectivity index (χ1v) is 7.47. The van der Waals surface area contributed by atoms with Gasteiger partial charge in [-0.05, 0) is 45.2 Å². The van der Waals surface area contributed by atoms with Gasteiger partial charge in [0.25, 0.3) is 0 Å². The summed E-state index contributed by atoms with van der Waals surface area (Å²) < 4.78 is 0. The molecule has 1 atom stereocenters. The van der Waals surface area contributed by atoms with Crippen molar-refractivity contribution in [1.29, 1.82) is 0 Å². The van der Waals surface area contributed by atoms with E-state index in [9.17, 15) is 10.1 Å². The second kappa shape index (κ2) is 7.47. The molecule has 21 heavy (non-hydrogen) atoms. The van der Waals surface area contributed by atoms with E-state index >= 15 is 0 Å². The van der Waals surface area contributed by atoms with Gasteiger partial charge < -0.3 is 14.9 Å². The summed E-state index contributed by atoms with van der Waals surface area (Å²) in [4.78, 5) is 2.06. The molecule has 1 aromatic rings. The number of piperidine rings is 1. The van der Waals surface area contributed by atoms with Gasteiger partial charge in [-0.25, -0.2) is 0 Å². The van der Waals surface area contributed by atoms with Gasteiger partial charge in [0.05, 0.1) is 0 Å². The Bertz CT molecular complexity index is 545. The first kappa shape index (κ1) is 15.8. The van der Waals surface area contributed by atoms with E-state index in [2.05, 4.69) is 28.8 Å². The van der Waals surface area contributed by atoms with Crippen LogP contribution in [0.5, 0.6) is 0 Å². The molecule has 0 aromatic heterocycles. The van der Waals surface area contributed by atoms with Crippen molar-refractivity contribution < 1.29 is 10.1 Å². The minimum absolute atomic E-state index is 0.393. The molecule has 0 saturated carbocycles. The fraction of sp³-hybridized carbons (Fsp3) is 0.412. The Kier molecular flexibility index (Phi) is 5.63. The summed E-state index contributed by atoms with van der Waals surface area (Å²) in [5.74, 6) is 6.01. The van der Waals surface area contributed by atoms with Gasteiger partial charge in [-0.1, -0.05) is 47.7 Å². The largest absolute Gasteiger partial charge is 0.437 e. The van der Waals surface area contributed by atoms with E-state index in [0.29, 0.717) is 0 Å². The van der Waals surface area contributed by atoms with Crippen molar-refractivity contribution in [3.8, 4) is 11.8 Å². The summed E-state index contributed by atoms with van der Waals surface area (Å²) in [7, 11) is -0.393. The van der Waals surface area contributed by atoms with Crippen molar-refractivity contribution >= 4 is 12.6 Å². The highest BCUT2D eigenvalue weighted by atomic mass is 16.3. The highest BCUT2D eigenvalue weighted by Crippen LogP contribution is 2.26. The number of aliphatic hydroxyl groups excluding tert-OH is 1. The highest BCUT2D eigenvalue weighted by molar-refractivity contribution is 6.45. The lowest BCUT2D eigenvalue weighted by atomic mass is 9.81. The first-order valence-electron chi connectivity index (χ1n) is 7.47. The Morgan fingerprint density at radius 2 is 1.86 bits per heavy atom.